The third-order valence-corrected chi connectivity index (χ3v) is 5.47. The van der Waals surface area contributed by atoms with Crippen LogP contribution in [0.3, 0.4) is 0 Å². The average Bonchev–Trinajstić information content (AvgIpc) is 2.80. The van der Waals surface area contributed by atoms with Crippen molar-refractivity contribution in [2.75, 3.05) is 0 Å². The van der Waals surface area contributed by atoms with Crippen molar-refractivity contribution in [3.05, 3.63) is 105 Å². The second kappa shape index (κ2) is 9.75. The van der Waals surface area contributed by atoms with Gasteiger partial charge in [-0.25, -0.2) is 22.9 Å². The van der Waals surface area contributed by atoms with Gasteiger partial charge in [0.25, 0.3) is 0 Å². The van der Waals surface area contributed by atoms with Crippen LogP contribution in [0, 0.1) is 17.5 Å². The molecule has 0 saturated heterocycles. The van der Waals surface area contributed by atoms with Gasteiger partial charge >= 0.3 is 5.97 Å². The normalized spacial score (nSPS) is 10.9. The number of hydrogen-bond acceptors (Lipinski definition) is 3. The maximum atomic E-state index is 13.6. The Hall–Kier alpha value is -3.55. The summed E-state index contributed by atoms with van der Waals surface area (Å²) in [7, 11) is 0. The molecule has 3 aromatic carbocycles. The molecule has 0 aliphatic carbocycles. The molecule has 0 atom stereocenters. The lowest BCUT2D eigenvalue weighted by atomic mass is 9.97. The van der Waals surface area contributed by atoms with Crippen molar-refractivity contribution in [3.63, 3.8) is 0 Å². The molecule has 0 fully saturated rings. The fourth-order valence-electron chi connectivity index (χ4n) is 3.28. The molecule has 0 aliphatic rings. The van der Waals surface area contributed by atoms with Crippen LogP contribution in [0.15, 0.2) is 66.7 Å². The Balaban J connectivity index is 1.86. The highest BCUT2D eigenvalue weighted by molar-refractivity contribution is 6.36. The van der Waals surface area contributed by atoms with E-state index < -0.39 is 23.4 Å². The van der Waals surface area contributed by atoms with Crippen LogP contribution in [-0.4, -0.2) is 16.1 Å². The molecule has 0 amide bonds. The molecular formula is C25H14Cl2F3NO3. The van der Waals surface area contributed by atoms with Crippen LogP contribution in [0.25, 0.3) is 22.4 Å². The van der Waals surface area contributed by atoms with Crippen LogP contribution in [-0.2, 0) is 6.61 Å². The first-order valence-electron chi connectivity index (χ1n) is 9.79. The Kier molecular flexibility index (Phi) is 6.77. The van der Waals surface area contributed by atoms with Gasteiger partial charge in [-0.3, -0.25) is 0 Å². The zero-order chi connectivity index (χ0) is 24.4. The summed E-state index contributed by atoms with van der Waals surface area (Å²) in [6, 6.07) is 14.7. The number of halogens is 5. The van der Waals surface area contributed by atoms with Crippen molar-refractivity contribution in [1.82, 2.24) is 4.98 Å². The number of carboxylic acid groups (broad SMARTS) is 1. The van der Waals surface area contributed by atoms with Gasteiger partial charge in [0, 0.05) is 16.1 Å². The Morgan fingerprint density at radius 3 is 2.26 bits per heavy atom. The van der Waals surface area contributed by atoms with Crippen molar-refractivity contribution >= 4 is 29.2 Å². The van der Waals surface area contributed by atoms with Gasteiger partial charge in [-0.05, 0) is 59.7 Å². The number of nitrogens with zero attached hydrogens (tertiary/aromatic N) is 1. The summed E-state index contributed by atoms with van der Waals surface area (Å²) in [5, 5.41) is 10.4. The second-order valence-electron chi connectivity index (χ2n) is 7.21. The summed E-state index contributed by atoms with van der Waals surface area (Å²) in [5.74, 6) is -4.13. The number of carboxylic acids is 1. The molecule has 0 spiro atoms. The van der Waals surface area contributed by atoms with Gasteiger partial charge in [0.05, 0.1) is 10.7 Å². The van der Waals surface area contributed by atoms with Gasteiger partial charge in [0.1, 0.15) is 18.0 Å². The Morgan fingerprint density at radius 1 is 0.882 bits per heavy atom. The molecule has 1 heterocycles. The fourth-order valence-corrected chi connectivity index (χ4v) is 3.78. The second-order valence-corrected chi connectivity index (χ2v) is 8.05. The SMILES string of the molecule is O=C(O)c1cc(-c2ccc(F)cc2)c(-c2ccc(Cl)cc2Cl)nc1OCc1ccc(F)c(F)c1. The number of carbonyl (C=O) groups is 1. The summed E-state index contributed by atoms with van der Waals surface area (Å²) in [6.07, 6.45) is 0. The minimum atomic E-state index is -1.33. The van der Waals surface area contributed by atoms with Crippen molar-refractivity contribution in [2.45, 2.75) is 6.61 Å². The van der Waals surface area contributed by atoms with Gasteiger partial charge in [0.2, 0.25) is 5.88 Å². The number of aromatic nitrogens is 1. The minimum absolute atomic E-state index is 0.248. The first-order chi connectivity index (χ1) is 16.2. The summed E-state index contributed by atoms with van der Waals surface area (Å²) >= 11 is 12.4. The molecule has 1 aromatic heterocycles. The van der Waals surface area contributed by atoms with Crippen LogP contribution in [0.2, 0.25) is 10.0 Å². The largest absolute Gasteiger partial charge is 0.477 e. The van der Waals surface area contributed by atoms with Crippen LogP contribution in [0.4, 0.5) is 13.2 Å². The van der Waals surface area contributed by atoms with E-state index in [0.717, 1.165) is 12.1 Å². The van der Waals surface area contributed by atoms with Gasteiger partial charge in [-0.2, -0.15) is 0 Å². The van der Waals surface area contributed by atoms with Crippen molar-refractivity contribution < 1.29 is 27.8 Å². The van der Waals surface area contributed by atoms with E-state index in [4.69, 9.17) is 27.9 Å². The van der Waals surface area contributed by atoms with Gasteiger partial charge in [-0.15, -0.1) is 0 Å². The van der Waals surface area contributed by atoms with Crippen LogP contribution in [0.5, 0.6) is 5.88 Å². The van der Waals surface area contributed by atoms with Gasteiger partial charge < -0.3 is 9.84 Å². The van der Waals surface area contributed by atoms with E-state index in [0.29, 0.717) is 21.7 Å². The summed E-state index contributed by atoms with van der Waals surface area (Å²) < 4.78 is 45.9. The molecule has 4 aromatic rings. The molecule has 172 valence electrons. The van der Waals surface area contributed by atoms with E-state index in [1.54, 1.807) is 12.1 Å². The van der Waals surface area contributed by atoms with Gasteiger partial charge in [-0.1, -0.05) is 41.4 Å². The minimum Gasteiger partial charge on any atom is -0.477 e. The highest BCUT2D eigenvalue weighted by Crippen LogP contribution is 2.39. The first-order valence-corrected chi connectivity index (χ1v) is 10.5. The Bertz CT molecular complexity index is 1400. The zero-order valence-electron chi connectivity index (χ0n) is 17.2. The summed E-state index contributed by atoms with van der Waals surface area (Å²) in [4.78, 5) is 16.4. The van der Waals surface area contributed by atoms with E-state index in [9.17, 15) is 23.1 Å². The van der Waals surface area contributed by atoms with E-state index in [1.165, 1.54) is 42.5 Å². The molecule has 9 heteroatoms. The molecule has 4 nitrogen and oxygen atoms in total. The molecule has 0 saturated carbocycles. The molecule has 0 unspecified atom stereocenters. The predicted octanol–water partition coefficient (Wildman–Crippen LogP) is 7.42. The highest BCUT2D eigenvalue weighted by atomic mass is 35.5. The molecule has 34 heavy (non-hydrogen) atoms. The summed E-state index contributed by atoms with van der Waals surface area (Å²) in [5.41, 5.74) is 1.53. The van der Waals surface area contributed by atoms with Crippen molar-refractivity contribution in [1.29, 1.82) is 0 Å². The maximum absolute atomic E-state index is 13.6. The molecule has 0 radical (unpaired) electrons. The van der Waals surface area contributed by atoms with E-state index >= 15 is 0 Å². The molecule has 4 rings (SSSR count). The van der Waals surface area contributed by atoms with Crippen LogP contribution >= 0.6 is 23.2 Å². The lowest BCUT2D eigenvalue weighted by Gasteiger charge is -2.16. The third-order valence-electron chi connectivity index (χ3n) is 4.92. The quantitative estimate of drug-likeness (QED) is 0.297. The zero-order valence-corrected chi connectivity index (χ0v) is 18.7. The maximum Gasteiger partial charge on any atom is 0.341 e. The number of aromatic carboxylic acids is 1. The fraction of sp³-hybridized carbons (Fsp3) is 0.0400. The number of rotatable bonds is 6. The Labute approximate surface area is 202 Å². The number of pyridine rings is 1. The smallest absolute Gasteiger partial charge is 0.341 e. The average molecular weight is 504 g/mol. The number of hydrogen-bond donors (Lipinski definition) is 1. The third kappa shape index (κ3) is 5.00. The molecular weight excluding hydrogens is 490 g/mol. The summed E-state index contributed by atoms with van der Waals surface area (Å²) in [6.45, 7) is -0.270. The van der Waals surface area contributed by atoms with Crippen molar-refractivity contribution in [3.8, 4) is 28.3 Å². The van der Waals surface area contributed by atoms with Crippen LogP contribution in [0.1, 0.15) is 15.9 Å². The molecule has 1 N–H and O–H groups in total. The topological polar surface area (TPSA) is 59.4 Å². The standard InChI is InChI=1S/C25H14Cl2F3NO3/c26-15-4-7-17(20(27)10-15)23-18(14-2-5-16(28)6-3-14)11-19(25(32)33)24(31-23)34-12-13-1-8-21(29)22(30)9-13/h1-11H,12H2,(H,32,33). The number of benzene rings is 3. The van der Waals surface area contributed by atoms with E-state index in [1.807, 2.05) is 0 Å². The van der Waals surface area contributed by atoms with E-state index in [2.05, 4.69) is 4.98 Å². The lowest BCUT2D eigenvalue weighted by molar-refractivity contribution is 0.0690. The lowest BCUT2D eigenvalue weighted by Crippen LogP contribution is -2.08. The van der Waals surface area contributed by atoms with Gasteiger partial charge in [0.15, 0.2) is 11.6 Å². The first kappa shape index (κ1) is 23.6. The van der Waals surface area contributed by atoms with E-state index in [-0.39, 0.29) is 34.3 Å². The predicted molar refractivity (Wildman–Crippen MR) is 123 cm³/mol. The van der Waals surface area contributed by atoms with Crippen molar-refractivity contribution in [2.24, 2.45) is 0 Å². The molecule has 0 bridgehead atoms. The number of ether oxygens (including phenoxy) is 1. The highest BCUT2D eigenvalue weighted by Gasteiger charge is 2.22. The Morgan fingerprint density at radius 2 is 1.62 bits per heavy atom. The van der Waals surface area contributed by atoms with Crippen LogP contribution < -0.4 is 4.74 Å². The molecule has 0 aliphatic heterocycles. The monoisotopic (exact) mass is 503 g/mol.